The third-order valence-electron chi connectivity index (χ3n) is 4.70. The first-order valence-corrected chi connectivity index (χ1v) is 8.15. The normalized spacial score (nSPS) is 25.0. The van der Waals surface area contributed by atoms with Gasteiger partial charge in [0.1, 0.15) is 17.4 Å². The molecule has 0 aromatic heterocycles. The molecule has 4 rings (SSSR count). The van der Waals surface area contributed by atoms with Gasteiger partial charge in [-0.15, -0.1) is 0 Å². The van der Waals surface area contributed by atoms with Gasteiger partial charge in [0.15, 0.2) is 5.11 Å². The van der Waals surface area contributed by atoms with Gasteiger partial charge in [-0.05, 0) is 36.8 Å². The fourth-order valence-corrected chi connectivity index (χ4v) is 4.06. The molecule has 2 atom stereocenters. The van der Waals surface area contributed by atoms with Crippen LogP contribution in [0.25, 0.3) is 0 Å². The minimum atomic E-state index is -0.542. The maximum atomic E-state index is 11.8. The Bertz CT molecular complexity index is 826. The second kappa shape index (κ2) is 5.21. The summed E-state index contributed by atoms with van der Waals surface area (Å²) in [6, 6.07) is 17.2. The van der Waals surface area contributed by atoms with E-state index in [1.54, 1.807) is 0 Å². The lowest BCUT2D eigenvalue weighted by molar-refractivity contribution is 0.108. The minimum Gasteiger partial charge on any atom is -0.481 e. The third kappa shape index (κ3) is 1.99. The number of ether oxygens (including phenoxy) is 1. The van der Waals surface area contributed by atoms with E-state index in [9.17, 15) is 4.79 Å². The Kier molecular flexibility index (Phi) is 3.25. The Balaban J connectivity index is 1.90. The van der Waals surface area contributed by atoms with Crippen LogP contribution >= 0.6 is 12.2 Å². The van der Waals surface area contributed by atoms with E-state index in [0.29, 0.717) is 11.7 Å². The summed E-state index contributed by atoms with van der Waals surface area (Å²) in [5, 5.41) is 0.418. The number of fused-ring (bicyclic) bond motifs is 3. The van der Waals surface area contributed by atoms with Crippen molar-refractivity contribution in [1.82, 2.24) is 4.90 Å². The first-order valence-electron chi connectivity index (χ1n) is 7.74. The Morgan fingerprint density at radius 3 is 2.58 bits per heavy atom. The number of amides is 2. The Morgan fingerprint density at radius 2 is 1.88 bits per heavy atom. The lowest BCUT2D eigenvalue weighted by Gasteiger charge is -2.45. The van der Waals surface area contributed by atoms with E-state index < -0.39 is 11.6 Å². The summed E-state index contributed by atoms with van der Waals surface area (Å²) >= 11 is 5.56. The van der Waals surface area contributed by atoms with Crippen LogP contribution in [-0.2, 0) is 0 Å². The lowest BCUT2D eigenvalue weighted by Crippen LogP contribution is -2.54. The molecule has 0 spiro atoms. The van der Waals surface area contributed by atoms with Crippen LogP contribution in [0.1, 0.15) is 18.6 Å². The van der Waals surface area contributed by atoms with E-state index >= 15 is 0 Å². The number of nitrogens with two attached hydrogens (primary N) is 1. The number of carbonyl (C=O) groups is 1. The van der Waals surface area contributed by atoms with Crippen LogP contribution in [0.2, 0.25) is 0 Å². The number of primary amides is 1. The van der Waals surface area contributed by atoms with Gasteiger partial charge in [-0.1, -0.05) is 42.5 Å². The number of para-hydroxylation sites is 2. The summed E-state index contributed by atoms with van der Waals surface area (Å²) in [6.07, 6.45) is -0.268. The van der Waals surface area contributed by atoms with Crippen LogP contribution in [0.15, 0.2) is 54.6 Å². The highest BCUT2D eigenvalue weighted by atomic mass is 32.1. The fraction of sp³-hybridized carbons (Fsp3) is 0.222. The second-order valence-corrected chi connectivity index (χ2v) is 6.64. The van der Waals surface area contributed by atoms with Crippen LogP contribution in [0.3, 0.4) is 0 Å². The van der Waals surface area contributed by atoms with Crippen molar-refractivity contribution in [3.63, 3.8) is 0 Å². The molecule has 0 bridgehead atoms. The SMILES string of the molecule is CC12CN(C(N)=O)C(=S)N1c1ccccc1OC2c1ccccc1. The number of thiocarbonyl (C=S) groups is 1. The molecule has 24 heavy (non-hydrogen) atoms. The van der Waals surface area contributed by atoms with Gasteiger partial charge >= 0.3 is 6.03 Å². The number of anilines is 1. The van der Waals surface area contributed by atoms with Gasteiger partial charge in [-0.3, -0.25) is 4.90 Å². The molecule has 5 nitrogen and oxygen atoms in total. The van der Waals surface area contributed by atoms with Crippen LogP contribution in [-0.4, -0.2) is 28.1 Å². The first kappa shape index (κ1) is 15.0. The van der Waals surface area contributed by atoms with Crippen molar-refractivity contribution >= 4 is 29.0 Å². The molecular weight excluding hydrogens is 322 g/mol. The number of hydrogen-bond donors (Lipinski definition) is 1. The summed E-state index contributed by atoms with van der Waals surface area (Å²) < 4.78 is 6.33. The smallest absolute Gasteiger partial charge is 0.321 e. The van der Waals surface area contributed by atoms with E-state index in [-0.39, 0.29) is 6.10 Å². The summed E-state index contributed by atoms with van der Waals surface area (Å²) in [5.41, 5.74) is 6.91. The maximum absolute atomic E-state index is 11.8. The van der Waals surface area contributed by atoms with Gasteiger partial charge in [0.05, 0.1) is 12.2 Å². The number of rotatable bonds is 1. The summed E-state index contributed by atoms with van der Waals surface area (Å²) in [4.78, 5) is 15.3. The third-order valence-corrected chi connectivity index (χ3v) is 5.10. The van der Waals surface area contributed by atoms with E-state index in [4.69, 9.17) is 22.7 Å². The molecule has 2 unspecified atom stereocenters. The van der Waals surface area contributed by atoms with E-state index in [2.05, 4.69) is 6.92 Å². The van der Waals surface area contributed by atoms with Crippen LogP contribution in [0, 0.1) is 0 Å². The van der Waals surface area contributed by atoms with Crippen molar-refractivity contribution in [3.05, 3.63) is 60.2 Å². The zero-order valence-corrected chi connectivity index (χ0v) is 14.0. The predicted octanol–water partition coefficient (Wildman–Crippen LogP) is 3.06. The lowest BCUT2D eigenvalue weighted by atomic mass is 9.86. The molecule has 2 aliphatic rings. The quantitative estimate of drug-likeness (QED) is 0.811. The summed E-state index contributed by atoms with van der Waals surface area (Å²) in [6.45, 7) is 2.44. The van der Waals surface area contributed by atoms with Crippen LogP contribution in [0.4, 0.5) is 10.5 Å². The van der Waals surface area contributed by atoms with Crippen LogP contribution < -0.4 is 15.4 Å². The van der Waals surface area contributed by atoms with Gasteiger partial charge in [0.25, 0.3) is 0 Å². The largest absolute Gasteiger partial charge is 0.481 e. The fourth-order valence-electron chi connectivity index (χ4n) is 3.60. The molecule has 2 aliphatic heterocycles. The molecule has 0 radical (unpaired) electrons. The van der Waals surface area contributed by atoms with E-state index in [1.165, 1.54) is 4.90 Å². The molecule has 122 valence electrons. The molecule has 2 heterocycles. The summed E-state index contributed by atoms with van der Waals surface area (Å²) in [5.74, 6) is 0.748. The van der Waals surface area contributed by atoms with Gasteiger partial charge in [-0.2, -0.15) is 0 Å². The molecule has 1 fully saturated rings. The molecule has 2 aromatic rings. The second-order valence-electron chi connectivity index (χ2n) is 6.28. The molecule has 2 amide bonds. The average Bonchev–Trinajstić information content (AvgIpc) is 2.87. The van der Waals surface area contributed by atoms with Gasteiger partial charge < -0.3 is 15.4 Å². The number of benzene rings is 2. The topological polar surface area (TPSA) is 58.8 Å². The number of nitrogens with zero attached hydrogens (tertiary/aromatic N) is 2. The number of urea groups is 1. The highest BCUT2D eigenvalue weighted by Gasteiger charge is 2.56. The monoisotopic (exact) mass is 339 g/mol. The average molecular weight is 339 g/mol. The van der Waals surface area contributed by atoms with Gasteiger partial charge in [-0.25, -0.2) is 4.79 Å². The zero-order chi connectivity index (χ0) is 16.9. The van der Waals surface area contributed by atoms with Crippen LogP contribution in [0.5, 0.6) is 5.75 Å². The molecule has 0 aliphatic carbocycles. The molecule has 2 N–H and O–H groups in total. The molecule has 6 heteroatoms. The van der Waals surface area contributed by atoms with Crippen molar-refractivity contribution in [3.8, 4) is 5.75 Å². The number of carbonyl (C=O) groups excluding carboxylic acids is 1. The van der Waals surface area contributed by atoms with E-state index in [1.807, 2.05) is 59.5 Å². The number of hydrogen-bond acceptors (Lipinski definition) is 3. The highest BCUT2D eigenvalue weighted by Crippen LogP contribution is 2.50. The maximum Gasteiger partial charge on any atom is 0.321 e. The van der Waals surface area contributed by atoms with Gasteiger partial charge in [0.2, 0.25) is 0 Å². The molecule has 2 aromatic carbocycles. The standard InChI is InChI=1S/C18H17N3O2S/c1-18-11-20(16(19)22)17(24)21(18)13-9-5-6-10-14(13)23-15(18)12-7-3-2-4-8-12/h2-10,15H,11H2,1H3,(H2,19,22). The molecular formula is C18H17N3O2S. The van der Waals surface area contributed by atoms with Crippen molar-refractivity contribution in [2.24, 2.45) is 5.73 Å². The Labute approximate surface area is 145 Å². The van der Waals surface area contributed by atoms with Crippen molar-refractivity contribution in [2.75, 3.05) is 11.4 Å². The summed E-state index contributed by atoms with van der Waals surface area (Å²) in [7, 11) is 0. The Hall–Kier alpha value is -2.60. The molecule has 0 saturated carbocycles. The van der Waals surface area contributed by atoms with E-state index in [0.717, 1.165) is 17.0 Å². The van der Waals surface area contributed by atoms with Crippen molar-refractivity contribution in [2.45, 2.75) is 18.6 Å². The van der Waals surface area contributed by atoms with Crippen molar-refractivity contribution in [1.29, 1.82) is 0 Å². The first-order chi connectivity index (χ1) is 11.5. The predicted molar refractivity (Wildman–Crippen MR) is 96.0 cm³/mol. The minimum absolute atomic E-state index is 0.268. The molecule has 1 saturated heterocycles. The van der Waals surface area contributed by atoms with Gasteiger partial charge in [0, 0.05) is 0 Å². The Morgan fingerprint density at radius 1 is 1.21 bits per heavy atom. The van der Waals surface area contributed by atoms with Crippen molar-refractivity contribution < 1.29 is 9.53 Å². The highest BCUT2D eigenvalue weighted by molar-refractivity contribution is 7.80. The zero-order valence-electron chi connectivity index (χ0n) is 13.2.